The van der Waals surface area contributed by atoms with E-state index < -0.39 is 0 Å². The van der Waals surface area contributed by atoms with E-state index in [1.165, 1.54) is 0 Å². The maximum atomic E-state index is 5.18. The van der Waals surface area contributed by atoms with Gasteiger partial charge in [-0.15, -0.1) is 0 Å². The van der Waals surface area contributed by atoms with E-state index in [0.717, 1.165) is 23.4 Å². The zero-order chi connectivity index (χ0) is 9.26. The second-order valence-electron chi connectivity index (χ2n) is 2.96. The Balaban J connectivity index is 2.07. The molecule has 0 atom stereocenters. The molecule has 5 heteroatoms. The van der Waals surface area contributed by atoms with Gasteiger partial charge in [-0.05, 0) is 15.9 Å². The van der Waals surface area contributed by atoms with Gasteiger partial charge in [0.15, 0.2) is 0 Å². The molecule has 0 N–H and O–H groups in total. The molecular formula is C8H10BrN3O. The van der Waals surface area contributed by atoms with Crippen molar-refractivity contribution in [2.24, 2.45) is 0 Å². The minimum Gasteiger partial charge on any atom is -0.378 e. The molecule has 4 nitrogen and oxygen atoms in total. The molecule has 0 saturated carbocycles. The van der Waals surface area contributed by atoms with Gasteiger partial charge in [-0.1, -0.05) is 0 Å². The van der Waals surface area contributed by atoms with E-state index in [2.05, 4.69) is 30.8 Å². The smallest absolute Gasteiger partial charge is 0.146 e. The summed E-state index contributed by atoms with van der Waals surface area (Å²) in [4.78, 5) is 10.2. The number of rotatable bonds is 2. The lowest BCUT2D eigenvalue weighted by molar-refractivity contribution is 0.0782. The summed E-state index contributed by atoms with van der Waals surface area (Å²) in [5.74, 6) is 0.948. The van der Waals surface area contributed by atoms with Crippen molar-refractivity contribution in [3.05, 3.63) is 17.0 Å². The first-order chi connectivity index (χ1) is 6.31. The van der Waals surface area contributed by atoms with Crippen LogP contribution in [0.5, 0.6) is 0 Å². The van der Waals surface area contributed by atoms with Crippen LogP contribution in [0.15, 0.2) is 17.0 Å². The zero-order valence-electron chi connectivity index (χ0n) is 7.27. The van der Waals surface area contributed by atoms with Gasteiger partial charge in [-0.3, -0.25) is 0 Å². The lowest BCUT2D eigenvalue weighted by Gasteiger charge is -2.39. The molecule has 0 aliphatic carbocycles. The minimum absolute atomic E-state index is 0.349. The number of hydrogen-bond donors (Lipinski definition) is 0. The fourth-order valence-electron chi connectivity index (χ4n) is 1.30. The Labute approximate surface area is 85.1 Å². The Morgan fingerprint density at radius 1 is 1.62 bits per heavy atom. The van der Waals surface area contributed by atoms with E-state index in [9.17, 15) is 0 Å². The van der Waals surface area contributed by atoms with Gasteiger partial charge in [0.1, 0.15) is 12.1 Å². The second-order valence-corrected chi connectivity index (χ2v) is 3.81. The van der Waals surface area contributed by atoms with E-state index in [1.54, 1.807) is 19.6 Å². The van der Waals surface area contributed by atoms with Crippen molar-refractivity contribution in [3.63, 3.8) is 0 Å². The SMILES string of the molecule is COC1CN(c2ncncc2Br)C1. The highest BCUT2D eigenvalue weighted by atomic mass is 79.9. The molecule has 1 saturated heterocycles. The van der Waals surface area contributed by atoms with Crippen LogP contribution in [-0.2, 0) is 4.74 Å². The van der Waals surface area contributed by atoms with Crippen LogP contribution >= 0.6 is 15.9 Å². The summed E-state index contributed by atoms with van der Waals surface area (Å²) >= 11 is 3.41. The lowest BCUT2D eigenvalue weighted by atomic mass is 10.2. The highest BCUT2D eigenvalue weighted by Crippen LogP contribution is 2.26. The third-order valence-electron chi connectivity index (χ3n) is 2.13. The van der Waals surface area contributed by atoms with Crippen LogP contribution < -0.4 is 4.90 Å². The molecule has 0 unspecified atom stereocenters. The molecular weight excluding hydrogens is 234 g/mol. The van der Waals surface area contributed by atoms with Crippen LogP contribution in [-0.4, -0.2) is 36.3 Å². The molecule has 1 fully saturated rings. The number of nitrogens with zero attached hydrogens (tertiary/aromatic N) is 3. The Morgan fingerprint density at radius 3 is 3.00 bits per heavy atom. The van der Waals surface area contributed by atoms with Crippen molar-refractivity contribution in [3.8, 4) is 0 Å². The predicted molar refractivity (Wildman–Crippen MR) is 52.7 cm³/mol. The van der Waals surface area contributed by atoms with Crippen molar-refractivity contribution < 1.29 is 4.74 Å². The molecule has 0 spiro atoms. The van der Waals surface area contributed by atoms with Crippen molar-refractivity contribution in [2.75, 3.05) is 25.1 Å². The van der Waals surface area contributed by atoms with Crippen molar-refractivity contribution in [1.29, 1.82) is 0 Å². The maximum Gasteiger partial charge on any atom is 0.146 e. The Morgan fingerprint density at radius 2 is 2.38 bits per heavy atom. The van der Waals surface area contributed by atoms with Crippen LogP contribution in [0.3, 0.4) is 0 Å². The summed E-state index contributed by atoms with van der Waals surface area (Å²) in [6, 6.07) is 0. The molecule has 0 bridgehead atoms. The van der Waals surface area contributed by atoms with Gasteiger partial charge in [0.2, 0.25) is 0 Å². The van der Waals surface area contributed by atoms with Gasteiger partial charge < -0.3 is 9.64 Å². The summed E-state index contributed by atoms with van der Waals surface area (Å²) in [7, 11) is 1.73. The minimum atomic E-state index is 0.349. The van der Waals surface area contributed by atoms with E-state index in [0.29, 0.717) is 6.10 Å². The highest BCUT2D eigenvalue weighted by Gasteiger charge is 2.28. The molecule has 1 aromatic heterocycles. The number of anilines is 1. The van der Waals surface area contributed by atoms with Crippen LogP contribution in [0.2, 0.25) is 0 Å². The summed E-state index contributed by atoms with van der Waals surface area (Å²) < 4.78 is 6.11. The molecule has 2 rings (SSSR count). The Kier molecular flexibility index (Phi) is 2.46. The average molecular weight is 244 g/mol. The average Bonchev–Trinajstić information content (AvgIpc) is 2.06. The maximum absolute atomic E-state index is 5.18. The predicted octanol–water partition coefficient (Wildman–Crippen LogP) is 1.07. The standard InChI is InChI=1S/C8H10BrN3O/c1-13-6-3-12(4-6)8-7(9)2-10-5-11-8/h2,5-6H,3-4H2,1H3. The van der Waals surface area contributed by atoms with Crippen molar-refractivity contribution >= 4 is 21.7 Å². The van der Waals surface area contributed by atoms with E-state index in [-0.39, 0.29) is 0 Å². The number of aromatic nitrogens is 2. The van der Waals surface area contributed by atoms with E-state index in [1.807, 2.05) is 0 Å². The van der Waals surface area contributed by atoms with Crippen LogP contribution in [0.1, 0.15) is 0 Å². The first-order valence-electron chi connectivity index (χ1n) is 4.04. The summed E-state index contributed by atoms with van der Waals surface area (Å²) in [6.07, 6.45) is 3.66. The van der Waals surface area contributed by atoms with Gasteiger partial charge in [0, 0.05) is 26.4 Å². The molecule has 0 aromatic carbocycles. The van der Waals surface area contributed by atoms with Crippen LogP contribution in [0.25, 0.3) is 0 Å². The first kappa shape index (κ1) is 8.90. The van der Waals surface area contributed by atoms with Crippen molar-refractivity contribution in [2.45, 2.75) is 6.10 Å². The van der Waals surface area contributed by atoms with E-state index >= 15 is 0 Å². The molecule has 1 aromatic rings. The number of hydrogen-bond acceptors (Lipinski definition) is 4. The first-order valence-corrected chi connectivity index (χ1v) is 4.84. The van der Waals surface area contributed by atoms with Gasteiger partial charge in [0.05, 0.1) is 10.6 Å². The molecule has 2 heterocycles. The molecule has 1 aliphatic heterocycles. The largest absolute Gasteiger partial charge is 0.378 e. The quantitative estimate of drug-likeness (QED) is 0.780. The normalized spacial score (nSPS) is 17.2. The fraction of sp³-hybridized carbons (Fsp3) is 0.500. The molecule has 1 aliphatic rings. The molecule has 0 radical (unpaired) electrons. The zero-order valence-corrected chi connectivity index (χ0v) is 8.86. The number of halogens is 1. The lowest BCUT2D eigenvalue weighted by Crippen LogP contribution is -2.52. The van der Waals surface area contributed by atoms with Gasteiger partial charge in [-0.2, -0.15) is 0 Å². The monoisotopic (exact) mass is 243 g/mol. The number of methoxy groups -OCH3 is 1. The summed E-state index contributed by atoms with van der Waals surface area (Å²) in [6.45, 7) is 1.82. The highest BCUT2D eigenvalue weighted by molar-refractivity contribution is 9.10. The summed E-state index contributed by atoms with van der Waals surface area (Å²) in [5, 5.41) is 0. The molecule has 13 heavy (non-hydrogen) atoms. The summed E-state index contributed by atoms with van der Waals surface area (Å²) in [5.41, 5.74) is 0. The van der Waals surface area contributed by atoms with Crippen molar-refractivity contribution in [1.82, 2.24) is 9.97 Å². The van der Waals surface area contributed by atoms with Crippen LogP contribution in [0, 0.1) is 0 Å². The van der Waals surface area contributed by atoms with Gasteiger partial charge in [0.25, 0.3) is 0 Å². The second kappa shape index (κ2) is 3.59. The topological polar surface area (TPSA) is 38.2 Å². The third-order valence-corrected chi connectivity index (χ3v) is 2.69. The van der Waals surface area contributed by atoms with Gasteiger partial charge in [-0.25, -0.2) is 9.97 Å². The Bertz CT molecular complexity index is 301. The van der Waals surface area contributed by atoms with Gasteiger partial charge >= 0.3 is 0 Å². The molecule has 70 valence electrons. The Hall–Kier alpha value is -0.680. The third kappa shape index (κ3) is 1.66. The van der Waals surface area contributed by atoms with Crippen LogP contribution in [0.4, 0.5) is 5.82 Å². The molecule has 0 amide bonds. The fourth-order valence-corrected chi connectivity index (χ4v) is 1.77. The van der Waals surface area contributed by atoms with E-state index in [4.69, 9.17) is 4.74 Å². The number of ether oxygens (including phenoxy) is 1.